The first-order valence-corrected chi connectivity index (χ1v) is 5.43. The molecule has 1 aliphatic rings. The van der Waals surface area contributed by atoms with Crippen LogP contribution in [0.4, 0.5) is 14.5 Å². The maximum atomic E-state index is 12.5. The number of ether oxygens (including phenoxy) is 1. The number of halogens is 2. The van der Waals surface area contributed by atoms with Crippen LogP contribution in [0.2, 0.25) is 0 Å². The highest BCUT2D eigenvalue weighted by Crippen LogP contribution is 2.24. The predicted molar refractivity (Wildman–Crippen MR) is 58.8 cm³/mol. The average Bonchev–Trinajstić information content (AvgIpc) is 2.65. The summed E-state index contributed by atoms with van der Waals surface area (Å²) in [7, 11) is 0. The zero-order valence-corrected chi connectivity index (χ0v) is 9.12. The molecule has 88 valence electrons. The SMILES string of the molecule is CC1OCCC1Nc1cccc(C(F)F)c1. The third-order valence-electron chi connectivity index (χ3n) is 2.87. The van der Waals surface area contributed by atoms with Crippen molar-refractivity contribution in [2.24, 2.45) is 0 Å². The Morgan fingerprint density at radius 2 is 2.25 bits per heavy atom. The van der Waals surface area contributed by atoms with Crippen LogP contribution in [0.15, 0.2) is 24.3 Å². The van der Waals surface area contributed by atoms with E-state index in [0.29, 0.717) is 0 Å². The van der Waals surface area contributed by atoms with Crippen LogP contribution in [0.1, 0.15) is 25.3 Å². The van der Waals surface area contributed by atoms with Crippen LogP contribution < -0.4 is 5.32 Å². The smallest absolute Gasteiger partial charge is 0.263 e. The third kappa shape index (κ3) is 2.50. The van der Waals surface area contributed by atoms with Gasteiger partial charge in [0.2, 0.25) is 0 Å². The Labute approximate surface area is 93.6 Å². The second kappa shape index (κ2) is 4.78. The van der Waals surface area contributed by atoms with Crippen molar-refractivity contribution in [2.75, 3.05) is 11.9 Å². The lowest BCUT2D eigenvalue weighted by atomic mass is 10.1. The van der Waals surface area contributed by atoms with Gasteiger partial charge in [-0.25, -0.2) is 8.78 Å². The van der Waals surface area contributed by atoms with E-state index in [-0.39, 0.29) is 17.7 Å². The molecular weight excluding hydrogens is 212 g/mol. The monoisotopic (exact) mass is 227 g/mol. The number of anilines is 1. The van der Waals surface area contributed by atoms with E-state index < -0.39 is 6.43 Å². The number of rotatable bonds is 3. The summed E-state index contributed by atoms with van der Waals surface area (Å²) in [6, 6.07) is 6.59. The fourth-order valence-electron chi connectivity index (χ4n) is 1.90. The van der Waals surface area contributed by atoms with E-state index in [1.54, 1.807) is 12.1 Å². The lowest BCUT2D eigenvalue weighted by molar-refractivity contribution is 0.121. The standard InChI is InChI=1S/C12H15F2NO/c1-8-11(5-6-16-8)15-10-4-2-3-9(7-10)12(13)14/h2-4,7-8,11-12,15H,5-6H2,1H3. The van der Waals surface area contributed by atoms with Gasteiger partial charge in [0.05, 0.1) is 12.1 Å². The third-order valence-corrected chi connectivity index (χ3v) is 2.87. The van der Waals surface area contributed by atoms with E-state index in [0.717, 1.165) is 18.7 Å². The quantitative estimate of drug-likeness (QED) is 0.856. The summed E-state index contributed by atoms with van der Waals surface area (Å²) < 4.78 is 30.4. The van der Waals surface area contributed by atoms with E-state index >= 15 is 0 Å². The fraction of sp³-hybridized carbons (Fsp3) is 0.500. The van der Waals surface area contributed by atoms with Crippen molar-refractivity contribution in [1.82, 2.24) is 0 Å². The average molecular weight is 227 g/mol. The highest BCUT2D eigenvalue weighted by atomic mass is 19.3. The van der Waals surface area contributed by atoms with Gasteiger partial charge in [0.15, 0.2) is 0 Å². The molecule has 0 radical (unpaired) electrons. The molecule has 0 saturated carbocycles. The van der Waals surface area contributed by atoms with Crippen molar-refractivity contribution in [3.8, 4) is 0 Å². The summed E-state index contributed by atoms with van der Waals surface area (Å²) in [5.74, 6) is 0. The van der Waals surface area contributed by atoms with Gasteiger partial charge in [-0.3, -0.25) is 0 Å². The zero-order chi connectivity index (χ0) is 11.5. The molecular formula is C12H15F2NO. The predicted octanol–water partition coefficient (Wildman–Crippen LogP) is 3.21. The summed E-state index contributed by atoms with van der Waals surface area (Å²) in [5, 5.41) is 3.23. The number of benzene rings is 1. The first-order chi connectivity index (χ1) is 7.66. The molecule has 1 fully saturated rings. The summed E-state index contributed by atoms with van der Waals surface area (Å²) in [4.78, 5) is 0. The Kier molecular flexibility index (Phi) is 3.39. The van der Waals surface area contributed by atoms with Gasteiger partial charge in [-0.2, -0.15) is 0 Å². The highest BCUT2D eigenvalue weighted by Gasteiger charge is 2.23. The molecule has 2 unspecified atom stereocenters. The van der Waals surface area contributed by atoms with E-state index in [4.69, 9.17) is 4.74 Å². The van der Waals surface area contributed by atoms with Crippen molar-refractivity contribution in [3.63, 3.8) is 0 Å². The van der Waals surface area contributed by atoms with Gasteiger partial charge in [0.1, 0.15) is 0 Å². The molecule has 0 aliphatic carbocycles. The van der Waals surface area contributed by atoms with Crippen LogP contribution in [0.3, 0.4) is 0 Å². The first kappa shape index (κ1) is 11.3. The lowest BCUT2D eigenvalue weighted by Gasteiger charge is -2.17. The summed E-state index contributed by atoms with van der Waals surface area (Å²) in [5.41, 5.74) is 0.789. The van der Waals surface area contributed by atoms with Gasteiger partial charge in [-0.05, 0) is 25.5 Å². The molecule has 1 aliphatic heterocycles. The number of alkyl halides is 2. The van der Waals surface area contributed by atoms with Crippen LogP contribution >= 0.6 is 0 Å². The maximum absolute atomic E-state index is 12.5. The van der Waals surface area contributed by atoms with E-state index in [9.17, 15) is 8.78 Å². The second-order valence-corrected chi connectivity index (χ2v) is 4.04. The van der Waals surface area contributed by atoms with E-state index in [1.807, 2.05) is 6.92 Å². The Morgan fingerprint density at radius 3 is 2.88 bits per heavy atom. The Morgan fingerprint density at radius 1 is 1.44 bits per heavy atom. The molecule has 2 nitrogen and oxygen atoms in total. The van der Waals surface area contributed by atoms with E-state index in [2.05, 4.69) is 5.32 Å². The van der Waals surface area contributed by atoms with Crippen LogP contribution in [0, 0.1) is 0 Å². The highest BCUT2D eigenvalue weighted by molar-refractivity contribution is 5.47. The largest absolute Gasteiger partial charge is 0.380 e. The van der Waals surface area contributed by atoms with E-state index in [1.165, 1.54) is 12.1 Å². The van der Waals surface area contributed by atoms with Gasteiger partial charge < -0.3 is 10.1 Å². The fourth-order valence-corrected chi connectivity index (χ4v) is 1.90. The van der Waals surface area contributed by atoms with Crippen molar-refractivity contribution >= 4 is 5.69 Å². The van der Waals surface area contributed by atoms with Crippen LogP contribution in [-0.4, -0.2) is 18.8 Å². The van der Waals surface area contributed by atoms with Gasteiger partial charge in [-0.1, -0.05) is 12.1 Å². The number of hydrogen-bond acceptors (Lipinski definition) is 2. The molecule has 0 spiro atoms. The first-order valence-electron chi connectivity index (χ1n) is 5.43. The molecule has 1 aromatic carbocycles. The molecule has 0 aromatic heterocycles. The Balaban J connectivity index is 2.06. The van der Waals surface area contributed by atoms with Crippen molar-refractivity contribution < 1.29 is 13.5 Å². The molecule has 1 aromatic rings. The lowest BCUT2D eigenvalue weighted by Crippen LogP contribution is -2.26. The molecule has 16 heavy (non-hydrogen) atoms. The normalized spacial score (nSPS) is 25.0. The van der Waals surface area contributed by atoms with Gasteiger partial charge >= 0.3 is 0 Å². The molecule has 2 rings (SSSR count). The summed E-state index contributed by atoms with van der Waals surface area (Å²) in [6.07, 6.45) is -1.37. The molecule has 2 atom stereocenters. The second-order valence-electron chi connectivity index (χ2n) is 4.04. The number of hydrogen-bond donors (Lipinski definition) is 1. The molecule has 1 saturated heterocycles. The zero-order valence-electron chi connectivity index (χ0n) is 9.12. The van der Waals surface area contributed by atoms with Crippen LogP contribution in [0.5, 0.6) is 0 Å². The molecule has 0 bridgehead atoms. The molecule has 1 heterocycles. The minimum absolute atomic E-state index is 0.0524. The molecule has 4 heteroatoms. The Bertz CT molecular complexity index is 357. The summed E-state index contributed by atoms with van der Waals surface area (Å²) >= 11 is 0. The Hall–Kier alpha value is -1.16. The van der Waals surface area contributed by atoms with Gasteiger partial charge in [-0.15, -0.1) is 0 Å². The van der Waals surface area contributed by atoms with Crippen molar-refractivity contribution in [1.29, 1.82) is 0 Å². The maximum Gasteiger partial charge on any atom is 0.263 e. The summed E-state index contributed by atoms with van der Waals surface area (Å²) in [6.45, 7) is 2.72. The van der Waals surface area contributed by atoms with Crippen molar-refractivity contribution in [2.45, 2.75) is 31.9 Å². The van der Waals surface area contributed by atoms with Gasteiger partial charge in [0.25, 0.3) is 6.43 Å². The molecule has 1 N–H and O–H groups in total. The van der Waals surface area contributed by atoms with Crippen LogP contribution in [0.25, 0.3) is 0 Å². The van der Waals surface area contributed by atoms with Crippen LogP contribution in [-0.2, 0) is 4.74 Å². The molecule has 0 amide bonds. The van der Waals surface area contributed by atoms with Crippen molar-refractivity contribution in [3.05, 3.63) is 29.8 Å². The number of nitrogens with one attached hydrogen (secondary N) is 1. The minimum Gasteiger partial charge on any atom is -0.380 e. The van der Waals surface area contributed by atoms with Gasteiger partial charge in [0, 0.05) is 17.9 Å². The topological polar surface area (TPSA) is 21.3 Å². The minimum atomic E-state index is -2.42.